The summed E-state index contributed by atoms with van der Waals surface area (Å²) < 4.78 is 26.6. The van der Waals surface area contributed by atoms with Crippen LogP contribution in [0.2, 0.25) is 5.02 Å². The average molecular weight is 415 g/mol. The SMILES string of the molecule is Cc1ccc(Cl)cc1NC(=NCc1ccccn1)NC(=O)c1ccc(F)c(F)c1. The van der Waals surface area contributed by atoms with Crippen LogP contribution in [0.3, 0.4) is 0 Å². The fourth-order valence-corrected chi connectivity index (χ4v) is 2.61. The fraction of sp³-hybridized carbons (Fsp3) is 0.0952. The molecule has 0 aliphatic heterocycles. The lowest BCUT2D eigenvalue weighted by molar-refractivity contribution is 0.0976. The van der Waals surface area contributed by atoms with E-state index in [9.17, 15) is 13.6 Å². The number of pyridine rings is 1. The van der Waals surface area contributed by atoms with Crippen molar-refractivity contribution in [1.29, 1.82) is 0 Å². The van der Waals surface area contributed by atoms with Gasteiger partial charge in [-0.25, -0.2) is 13.8 Å². The van der Waals surface area contributed by atoms with Crippen molar-refractivity contribution in [2.24, 2.45) is 4.99 Å². The Hall–Kier alpha value is -3.32. The van der Waals surface area contributed by atoms with Crippen LogP contribution in [0.5, 0.6) is 0 Å². The molecule has 2 N–H and O–H groups in total. The summed E-state index contributed by atoms with van der Waals surface area (Å²) in [7, 11) is 0. The number of nitrogens with zero attached hydrogens (tertiary/aromatic N) is 2. The van der Waals surface area contributed by atoms with E-state index in [0.717, 1.165) is 17.7 Å². The monoisotopic (exact) mass is 414 g/mol. The molecule has 0 bridgehead atoms. The topological polar surface area (TPSA) is 66.4 Å². The Bertz CT molecular complexity index is 1060. The van der Waals surface area contributed by atoms with Gasteiger partial charge in [0.15, 0.2) is 11.6 Å². The van der Waals surface area contributed by atoms with E-state index in [1.165, 1.54) is 6.07 Å². The molecule has 0 aliphatic carbocycles. The molecule has 1 heterocycles. The van der Waals surface area contributed by atoms with Crippen molar-refractivity contribution in [2.75, 3.05) is 5.32 Å². The smallest absolute Gasteiger partial charge is 0.258 e. The zero-order chi connectivity index (χ0) is 20.8. The summed E-state index contributed by atoms with van der Waals surface area (Å²) in [4.78, 5) is 21.1. The molecular formula is C21H17ClF2N4O. The van der Waals surface area contributed by atoms with Gasteiger partial charge in [-0.3, -0.25) is 15.1 Å². The van der Waals surface area contributed by atoms with E-state index >= 15 is 0 Å². The summed E-state index contributed by atoms with van der Waals surface area (Å²) in [5.74, 6) is -2.66. The summed E-state index contributed by atoms with van der Waals surface area (Å²) >= 11 is 6.05. The molecule has 3 aromatic rings. The molecule has 0 radical (unpaired) electrons. The van der Waals surface area contributed by atoms with E-state index in [0.29, 0.717) is 16.4 Å². The zero-order valence-corrected chi connectivity index (χ0v) is 16.2. The highest BCUT2D eigenvalue weighted by atomic mass is 35.5. The molecule has 0 fully saturated rings. The Morgan fingerprint density at radius 2 is 1.93 bits per heavy atom. The molecule has 0 atom stereocenters. The number of halogens is 3. The van der Waals surface area contributed by atoms with Crippen LogP contribution in [-0.4, -0.2) is 16.9 Å². The molecule has 0 saturated carbocycles. The Morgan fingerprint density at radius 1 is 1.10 bits per heavy atom. The first-order chi connectivity index (χ1) is 13.9. The van der Waals surface area contributed by atoms with Crippen molar-refractivity contribution in [3.05, 3.63) is 94.3 Å². The minimum absolute atomic E-state index is 0.0425. The van der Waals surface area contributed by atoms with Crippen LogP contribution in [0.15, 0.2) is 65.8 Å². The first kappa shape index (κ1) is 20.4. The number of carbonyl (C=O) groups is 1. The van der Waals surface area contributed by atoms with Crippen LogP contribution in [0.25, 0.3) is 0 Å². The van der Waals surface area contributed by atoms with E-state index in [4.69, 9.17) is 11.6 Å². The highest BCUT2D eigenvalue weighted by Crippen LogP contribution is 2.20. The largest absolute Gasteiger partial charge is 0.326 e. The summed E-state index contributed by atoms with van der Waals surface area (Å²) in [6.07, 6.45) is 1.64. The molecule has 29 heavy (non-hydrogen) atoms. The molecule has 3 rings (SSSR count). The maximum atomic E-state index is 13.5. The lowest BCUT2D eigenvalue weighted by Crippen LogP contribution is -2.36. The first-order valence-corrected chi connectivity index (χ1v) is 9.04. The number of anilines is 1. The zero-order valence-electron chi connectivity index (χ0n) is 15.4. The van der Waals surface area contributed by atoms with Crippen molar-refractivity contribution < 1.29 is 13.6 Å². The molecule has 1 amide bonds. The van der Waals surface area contributed by atoms with E-state index in [1.54, 1.807) is 30.5 Å². The van der Waals surface area contributed by atoms with Gasteiger partial charge in [0.2, 0.25) is 5.96 Å². The average Bonchev–Trinajstić information content (AvgIpc) is 2.71. The molecular weight excluding hydrogens is 398 g/mol. The van der Waals surface area contributed by atoms with Crippen LogP contribution in [-0.2, 0) is 6.54 Å². The summed E-state index contributed by atoms with van der Waals surface area (Å²) in [5.41, 5.74) is 2.17. The minimum atomic E-state index is -1.11. The third-order valence-electron chi connectivity index (χ3n) is 3.99. The van der Waals surface area contributed by atoms with E-state index in [-0.39, 0.29) is 18.1 Å². The van der Waals surface area contributed by atoms with Gasteiger partial charge in [-0.05, 0) is 55.0 Å². The summed E-state index contributed by atoms with van der Waals surface area (Å²) in [5, 5.41) is 6.12. The number of amides is 1. The van der Waals surface area contributed by atoms with Crippen LogP contribution in [0, 0.1) is 18.6 Å². The lowest BCUT2D eigenvalue weighted by Gasteiger charge is -2.14. The standard InChI is InChI=1S/C21H17ClF2N4O/c1-13-5-7-15(22)11-19(13)27-21(26-12-16-4-2-3-9-25-16)28-20(29)14-6-8-17(23)18(24)10-14/h2-11H,12H2,1H3,(H2,26,27,28,29). The Morgan fingerprint density at radius 3 is 2.66 bits per heavy atom. The molecule has 2 aromatic carbocycles. The normalized spacial score (nSPS) is 11.2. The predicted octanol–water partition coefficient (Wildman–Crippen LogP) is 4.72. The third-order valence-corrected chi connectivity index (χ3v) is 4.23. The number of aliphatic imine (C=N–C) groups is 1. The van der Waals surface area contributed by atoms with Crippen molar-refractivity contribution in [1.82, 2.24) is 10.3 Å². The van der Waals surface area contributed by atoms with Gasteiger partial charge in [-0.15, -0.1) is 0 Å². The van der Waals surface area contributed by atoms with E-state index in [1.807, 2.05) is 19.1 Å². The number of benzene rings is 2. The van der Waals surface area contributed by atoms with Gasteiger partial charge in [-0.1, -0.05) is 23.7 Å². The highest BCUT2D eigenvalue weighted by molar-refractivity contribution is 6.31. The molecule has 148 valence electrons. The van der Waals surface area contributed by atoms with E-state index in [2.05, 4.69) is 20.6 Å². The van der Waals surface area contributed by atoms with Crippen molar-refractivity contribution in [2.45, 2.75) is 13.5 Å². The predicted molar refractivity (Wildman–Crippen MR) is 109 cm³/mol. The summed E-state index contributed by atoms with van der Waals surface area (Å²) in [6.45, 7) is 2.06. The van der Waals surface area contributed by atoms with Crippen LogP contribution >= 0.6 is 11.6 Å². The van der Waals surface area contributed by atoms with Crippen molar-refractivity contribution in [3.63, 3.8) is 0 Å². The third kappa shape index (κ3) is 5.58. The molecule has 5 nitrogen and oxygen atoms in total. The molecule has 8 heteroatoms. The number of carbonyl (C=O) groups excluding carboxylic acids is 1. The van der Waals surface area contributed by atoms with Crippen molar-refractivity contribution in [3.8, 4) is 0 Å². The second kappa shape index (κ2) is 9.25. The second-order valence-corrected chi connectivity index (χ2v) is 6.59. The number of nitrogens with one attached hydrogen (secondary N) is 2. The van der Waals surface area contributed by atoms with Gasteiger partial charge < -0.3 is 5.32 Å². The van der Waals surface area contributed by atoms with E-state index < -0.39 is 17.5 Å². The highest BCUT2D eigenvalue weighted by Gasteiger charge is 2.13. The van der Waals surface area contributed by atoms with Gasteiger partial charge >= 0.3 is 0 Å². The number of aryl methyl sites for hydroxylation is 1. The second-order valence-electron chi connectivity index (χ2n) is 6.15. The maximum absolute atomic E-state index is 13.5. The first-order valence-electron chi connectivity index (χ1n) is 8.66. The number of guanidine groups is 1. The Balaban J connectivity index is 1.86. The number of rotatable bonds is 4. The van der Waals surface area contributed by atoms with Gasteiger partial charge in [0, 0.05) is 22.5 Å². The quantitative estimate of drug-likeness (QED) is 0.479. The van der Waals surface area contributed by atoms with Crippen molar-refractivity contribution >= 4 is 29.2 Å². The van der Waals surface area contributed by atoms with Crippen LogP contribution < -0.4 is 10.6 Å². The van der Waals surface area contributed by atoms with Gasteiger partial charge in [-0.2, -0.15) is 0 Å². The maximum Gasteiger partial charge on any atom is 0.258 e. The number of hydrogen-bond acceptors (Lipinski definition) is 3. The lowest BCUT2D eigenvalue weighted by atomic mass is 10.2. The number of hydrogen-bond donors (Lipinski definition) is 2. The molecule has 0 saturated heterocycles. The number of aromatic nitrogens is 1. The minimum Gasteiger partial charge on any atom is -0.326 e. The molecule has 0 aliphatic rings. The van der Waals surface area contributed by atoms with Gasteiger partial charge in [0.05, 0.1) is 12.2 Å². The van der Waals surface area contributed by atoms with Gasteiger partial charge in [0.25, 0.3) is 5.91 Å². The Kier molecular flexibility index (Phi) is 6.51. The molecule has 1 aromatic heterocycles. The summed E-state index contributed by atoms with van der Waals surface area (Å²) in [6, 6.07) is 13.6. The molecule has 0 unspecified atom stereocenters. The van der Waals surface area contributed by atoms with Crippen LogP contribution in [0.1, 0.15) is 21.6 Å². The molecule has 0 spiro atoms. The van der Waals surface area contributed by atoms with Gasteiger partial charge in [0.1, 0.15) is 0 Å². The fourth-order valence-electron chi connectivity index (χ4n) is 2.44. The Labute approximate surface area is 171 Å². The van der Waals surface area contributed by atoms with Crippen LogP contribution in [0.4, 0.5) is 14.5 Å².